The summed E-state index contributed by atoms with van der Waals surface area (Å²) in [5.74, 6) is -3.17. The number of benzene rings is 2. The Balaban J connectivity index is 0.00000338. The molecule has 0 aliphatic heterocycles. The maximum Gasteiger partial charge on any atom is 1.00 e. The van der Waals surface area contributed by atoms with E-state index in [1.54, 1.807) is 0 Å². The van der Waals surface area contributed by atoms with Gasteiger partial charge >= 0.3 is 29.6 Å². The second-order valence-electron chi connectivity index (χ2n) is 5.21. The topological polar surface area (TPSA) is 109 Å². The van der Waals surface area contributed by atoms with E-state index in [1.165, 1.54) is 36.4 Å². The first-order valence-corrected chi connectivity index (χ1v) is 7.16. The summed E-state index contributed by atoms with van der Waals surface area (Å²) in [6, 6.07) is 6.89. The van der Waals surface area contributed by atoms with E-state index >= 15 is 0 Å². The van der Waals surface area contributed by atoms with Crippen LogP contribution in [0.5, 0.6) is 0 Å². The maximum atomic E-state index is 14.2. The van der Waals surface area contributed by atoms with E-state index in [9.17, 15) is 28.8 Å². The molecule has 2 aromatic carbocycles. The van der Waals surface area contributed by atoms with Crippen LogP contribution in [0, 0.1) is 21.7 Å². The van der Waals surface area contributed by atoms with Gasteiger partial charge in [-0.25, -0.2) is 8.78 Å². The number of hydrogen-bond acceptors (Lipinski definition) is 5. The zero-order valence-corrected chi connectivity index (χ0v) is 15.8. The van der Waals surface area contributed by atoms with Crippen LogP contribution in [-0.2, 0) is 4.79 Å². The Labute approximate surface area is 169 Å². The molecule has 0 aliphatic rings. The Morgan fingerprint density at radius 3 is 2.50 bits per heavy atom. The van der Waals surface area contributed by atoms with E-state index in [4.69, 9.17) is 5.73 Å². The molecular weight excluding hydrogens is 357 g/mol. The van der Waals surface area contributed by atoms with Gasteiger partial charge in [-0.1, -0.05) is 18.2 Å². The fourth-order valence-corrected chi connectivity index (χ4v) is 2.22. The van der Waals surface area contributed by atoms with Crippen LogP contribution in [0.25, 0.3) is 5.57 Å². The van der Waals surface area contributed by atoms with Crippen molar-refractivity contribution in [2.75, 3.05) is 0 Å². The van der Waals surface area contributed by atoms with Gasteiger partial charge in [0.05, 0.1) is 10.9 Å². The molecule has 0 saturated carbocycles. The molecule has 2 N–H and O–H groups in total. The smallest absolute Gasteiger partial charge is 0.548 e. The molecule has 0 radical (unpaired) electrons. The first-order chi connectivity index (χ1) is 11.8. The van der Waals surface area contributed by atoms with Crippen molar-refractivity contribution in [2.45, 2.75) is 12.5 Å². The quantitative estimate of drug-likeness (QED) is 0.389. The minimum Gasteiger partial charge on any atom is -0.548 e. The van der Waals surface area contributed by atoms with Crippen LogP contribution < -0.4 is 40.4 Å². The van der Waals surface area contributed by atoms with Gasteiger partial charge in [0, 0.05) is 29.8 Å². The number of carbonyl (C=O) groups is 1. The van der Waals surface area contributed by atoms with Crippen LogP contribution in [0.3, 0.4) is 0 Å². The monoisotopic (exact) mass is 370 g/mol. The van der Waals surface area contributed by atoms with Gasteiger partial charge in [-0.3, -0.25) is 10.1 Å². The zero-order valence-electron chi connectivity index (χ0n) is 13.8. The molecule has 1 atom stereocenters. The Hall–Kier alpha value is -2.13. The van der Waals surface area contributed by atoms with Gasteiger partial charge in [-0.05, 0) is 29.7 Å². The summed E-state index contributed by atoms with van der Waals surface area (Å²) in [5, 5.41) is 21.7. The van der Waals surface area contributed by atoms with Crippen LogP contribution in [0.4, 0.5) is 14.5 Å². The molecule has 0 heterocycles. The van der Waals surface area contributed by atoms with Crippen LogP contribution in [0.1, 0.15) is 17.5 Å². The van der Waals surface area contributed by atoms with Crippen molar-refractivity contribution in [2.24, 2.45) is 5.73 Å². The molecule has 2 rings (SSSR count). The predicted molar refractivity (Wildman–Crippen MR) is 84.1 cm³/mol. The summed E-state index contributed by atoms with van der Waals surface area (Å²) in [6.07, 6.45) is 1.13. The fourth-order valence-electron chi connectivity index (χ4n) is 2.22. The van der Waals surface area contributed by atoms with E-state index in [-0.39, 0.29) is 58.4 Å². The molecule has 130 valence electrons. The average molecular weight is 370 g/mol. The maximum absolute atomic E-state index is 14.2. The van der Waals surface area contributed by atoms with Crippen LogP contribution in [0.2, 0.25) is 0 Å². The van der Waals surface area contributed by atoms with Gasteiger partial charge in [0.1, 0.15) is 11.6 Å². The van der Waals surface area contributed by atoms with Crippen molar-refractivity contribution < 1.29 is 53.2 Å². The summed E-state index contributed by atoms with van der Waals surface area (Å²) in [5.41, 5.74) is 5.56. The zero-order chi connectivity index (χ0) is 18.6. The van der Waals surface area contributed by atoms with E-state index in [1.807, 2.05) is 0 Å². The summed E-state index contributed by atoms with van der Waals surface area (Å²) in [7, 11) is 0. The number of non-ortho nitro benzene ring substituents is 1. The third-order valence-electron chi connectivity index (χ3n) is 3.47. The molecule has 0 aromatic heterocycles. The average Bonchev–Trinajstić information content (AvgIpc) is 2.56. The Kier molecular flexibility index (Phi) is 8.04. The number of nitrogens with zero attached hydrogens (tertiary/aromatic N) is 1. The van der Waals surface area contributed by atoms with Crippen molar-refractivity contribution >= 4 is 17.2 Å². The van der Waals surface area contributed by atoms with Gasteiger partial charge in [0.2, 0.25) is 0 Å². The Morgan fingerprint density at radius 1 is 1.23 bits per heavy atom. The Morgan fingerprint density at radius 2 is 1.92 bits per heavy atom. The van der Waals surface area contributed by atoms with Crippen LogP contribution in [-0.4, -0.2) is 16.9 Å². The molecule has 9 heteroatoms. The standard InChI is InChI=1S/C17H14F2N2O4.Na/c18-11-4-5-14(15(19)9-11)13(6-7-16(20)17(22)23)10-2-1-3-12(8-10)21(24)25;/h1-6,8-9,16H,7,20H2,(H,22,23);/q;+1/p-1. The van der Waals surface area contributed by atoms with Crippen LogP contribution in [0.15, 0.2) is 48.5 Å². The number of nitro benzene ring substituents is 1. The SMILES string of the molecule is NC(CC=C(c1cccc([N+](=O)[O-])c1)c1ccc(F)cc1F)C(=O)[O-].[Na+]. The van der Waals surface area contributed by atoms with E-state index < -0.39 is 28.6 Å². The second kappa shape index (κ2) is 9.54. The van der Waals surface area contributed by atoms with Crippen molar-refractivity contribution in [1.82, 2.24) is 0 Å². The Bertz CT molecular complexity index is 858. The summed E-state index contributed by atoms with van der Waals surface area (Å²) in [6.45, 7) is 0. The second-order valence-corrected chi connectivity index (χ2v) is 5.21. The molecule has 0 fully saturated rings. The number of carboxylic acids is 1. The number of hydrogen-bond donors (Lipinski definition) is 1. The fraction of sp³-hybridized carbons (Fsp3) is 0.118. The van der Waals surface area contributed by atoms with Gasteiger partial charge < -0.3 is 15.6 Å². The predicted octanol–water partition coefficient (Wildman–Crippen LogP) is -1.22. The van der Waals surface area contributed by atoms with Gasteiger partial charge in [-0.2, -0.15) is 0 Å². The molecule has 6 nitrogen and oxygen atoms in total. The van der Waals surface area contributed by atoms with Crippen molar-refractivity contribution in [3.05, 3.63) is 81.4 Å². The minimum atomic E-state index is -1.49. The third-order valence-corrected chi connectivity index (χ3v) is 3.47. The molecule has 0 spiro atoms. The van der Waals surface area contributed by atoms with E-state index in [2.05, 4.69) is 0 Å². The molecule has 0 aliphatic carbocycles. The minimum absolute atomic E-state index is 0. The number of carbonyl (C=O) groups excluding carboxylic acids is 1. The van der Waals surface area contributed by atoms with Gasteiger partial charge in [-0.15, -0.1) is 0 Å². The summed E-state index contributed by atoms with van der Waals surface area (Å²) < 4.78 is 27.3. The van der Waals surface area contributed by atoms with Crippen LogP contribution >= 0.6 is 0 Å². The number of halogens is 2. The van der Waals surface area contributed by atoms with E-state index in [0.717, 1.165) is 6.07 Å². The molecule has 26 heavy (non-hydrogen) atoms. The first kappa shape index (κ1) is 21.9. The molecule has 0 bridgehead atoms. The number of aliphatic carboxylic acids is 1. The first-order valence-electron chi connectivity index (χ1n) is 7.16. The summed E-state index contributed by atoms with van der Waals surface area (Å²) in [4.78, 5) is 21.1. The molecule has 1 unspecified atom stereocenters. The largest absolute Gasteiger partial charge is 1.00 e. The molecule has 0 amide bonds. The normalized spacial score (nSPS) is 12.2. The van der Waals surface area contributed by atoms with Gasteiger partial charge in [0.15, 0.2) is 0 Å². The van der Waals surface area contributed by atoms with Crippen molar-refractivity contribution in [3.8, 4) is 0 Å². The summed E-state index contributed by atoms with van der Waals surface area (Å²) >= 11 is 0. The third kappa shape index (κ3) is 5.43. The number of nitro groups is 1. The molecule has 0 saturated heterocycles. The number of rotatable bonds is 6. The number of carboxylic acid groups (broad SMARTS) is 1. The molecular formula is C17H13F2N2NaO4. The van der Waals surface area contributed by atoms with E-state index in [0.29, 0.717) is 6.07 Å². The van der Waals surface area contributed by atoms with Gasteiger partial charge in [0.25, 0.3) is 5.69 Å². The van der Waals surface area contributed by atoms with Crippen molar-refractivity contribution in [1.29, 1.82) is 0 Å². The van der Waals surface area contributed by atoms with Crippen molar-refractivity contribution in [3.63, 3.8) is 0 Å². The molecule has 2 aromatic rings. The number of nitrogens with two attached hydrogens (primary N) is 1.